The van der Waals surface area contributed by atoms with Crippen LogP contribution in [-0.4, -0.2) is 38.8 Å². The molecule has 1 aliphatic rings. The van der Waals surface area contributed by atoms with Crippen molar-refractivity contribution >= 4 is 21.7 Å². The van der Waals surface area contributed by atoms with Crippen molar-refractivity contribution < 1.29 is 49.7 Å². The van der Waals surface area contributed by atoms with Crippen molar-refractivity contribution in [2.45, 2.75) is 44.1 Å². The zero-order valence-corrected chi connectivity index (χ0v) is 22.0. The maximum Gasteiger partial charge on any atom is 0.416 e. The molecule has 40 heavy (non-hydrogen) atoms. The van der Waals surface area contributed by atoms with Gasteiger partial charge in [-0.2, -0.15) is 22.0 Å². The molecular weight excluding hydrogens is 561 g/mol. The van der Waals surface area contributed by atoms with Crippen LogP contribution in [-0.2, 0) is 21.0 Å². The van der Waals surface area contributed by atoms with Crippen molar-refractivity contribution in [2.75, 3.05) is 10.8 Å². The molecule has 7 nitrogen and oxygen atoms in total. The Balaban J connectivity index is 1.82. The number of nitrogens with zero attached hydrogens (tertiary/aromatic N) is 1. The average Bonchev–Trinajstić information content (AvgIpc) is 2.87. The van der Waals surface area contributed by atoms with Crippen LogP contribution in [0.2, 0.25) is 0 Å². The van der Waals surface area contributed by atoms with E-state index in [0.29, 0.717) is 17.2 Å². The normalized spacial score (nSPS) is 15.9. The highest BCUT2D eigenvalue weighted by atomic mass is 32.2. The lowest BCUT2D eigenvalue weighted by Gasteiger charge is -2.38. The molecule has 4 rings (SSSR count). The number of benzene rings is 3. The minimum Gasteiger partial charge on any atom is -0.486 e. The van der Waals surface area contributed by atoms with E-state index in [1.54, 1.807) is 12.1 Å². The molecule has 0 radical (unpaired) electrons. The summed E-state index contributed by atoms with van der Waals surface area (Å²) in [4.78, 5) is 11.1. The van der Waals surface area contributed by atoms with Gasteiger partial charge >= 0.3 is 18.8 Å². The van der Waals surface area contributed by atoms with Gasteiger partial charge in [0.15, 0.2) is 0 Å². The number of halogens is 5. The molecule has 0 saturated carbocycles. The number of ether oxygens (including phenoxy) is 2. The van der Waals surface area contributed by atoms with Gasteiger partial charge in [-0.05, 0) is 67.4 Å². The molecule has 1 unspecified atom stereocenters. The maximum atomic E-state index is 13.8. The van der Waals surface area contributed by atoms with Gasteiger partial charge in [0.1, 0.15) is 17.6 Å². The predicted octanol–water partition coefficient (Wildman–Crippen LogP) is 6.43. The zero-order chi connectivity index (χ0) is 29.5. The fourth-order valence-corrected chi connectivity index (χ4v) is 5.84. The first-order valence-corrected chi connectivity index (χ1v) is 13.3. The van der Waals surface area contributed by atoms with Crippen molar-refractivity contribution in [3.8, 4) is 22.6 Å². The Hall–Kier alpha value is -3.87. The Morgan fingerprint density at radius 1 is 1.05 bits per heavy atom. The minimum atomic E-state index is -4.79. The molecule has 0 aromatic heterocycles. The molecule has 13 heteroatoms. The number of carbonyl (C=O) groups is 1. The number of aliphatic carboxylic acids is 1. The summed E-state index contributed by atoms with van der Waals surface area (Å²) in [5.41, 5.74) is -1.70. The number of carboxylic acids is 1. The second-order valence-corrected chi connectivity index (χ2v) is 11.6. The van der Waals surface area contributed by atoms with Gasteiger partial charge in [-0.25, -0.2) is 8.42 Å². The van der Waals surface area contributed by atoms with Gasteiger partial charge in [0.2, 0.25) is 0 Å². The Kier molecular flexibility index (Phi) is 7.72. The van der Waals surface area contributed by atoms with E-state index in [9.17, 15) is 40.3 Å². The van der Waals surface area contributed by atoms with Crippen LogP contribution in [0.4, 0.5) is 27.6 Å². The summed E-state index contributed by atoms with van der Waals surface area (Å²) in [7, 11) is -4.61. The van der Waals surface area contributed by atoms with E-state index < -0.39 is 50.8 Å². The summed E-state index contributed by atoms with van der Waals surface area (Å²) in [5, 5.41) is 9.57. The molecule has 0 bridgehead atoms. The monoisotopic (exact) mass is 585 g/mol. The SMILES string of the molecule is CC(C)(CC1CN(S(=O)(=O)c2cccc(C(F)(F)F)c2)c2cc(-c3cccc(OC(F)F)c3)ccc2O1)C(=O)O. The van der Waals surface area contributed by atoms with Gasteiger partial charge in [-0.3, -0.25) is 9.10 Å². The number of rotatable bonds is 8. The topological polar surface area (TPSA) is 93.1 Å². The van der Waals surface area contributed by atoms with Gasteiger partial charge in [-0.1, -0.05) is 24.3 Å². The Labute approximate surface area is 226 Å². The fraction of sp³-hybridized carbons (Fsp3) is 0.296. The number of hydrogen-bond donors (Lipinski definition) is 1. The van der Waals surface area contributed by atoms with E-state index in [0.717, 1.165) is 22.5 Å². The van der Waals surface area contributed by atoms with Crippen molar-refractivity contribution in [3.05, 3.63) is 72.3 Å². The first-order chi connectivity index (χ1) is 18.6. The molecule has 0 aliphatic carbocycles. The number of carboxylic acid groups (broad SMARTS) is 1. The molecule has 3 aromatic carbocycles. The van der Waals surface area contributed by atoms with Gasteiger partial charge in [0.05, 0.1) is 28.1 Å². The molecular formula is C27H24F5NO6S. The van der Waals surface area contributed by atoms with Crippen LogP contribution in [0.3, 0.4) is 0 Å². The number of alkyl halides is 5. The van der Waals surface area contributed by atoms with Gasteiger partial charge in [0.25, 0.3) is 10.0 Å². The first kappa shape index (κ1) is 29.1. The Morgan fingerprint density at radius 2 is 1.73 bits per heavy atom. The molecule has 1 N–H and O–H groups in total. The summed E-state index contributed by atoms with van der Waals surface area (Å²) in [5.74, 6) is -1.22. The van der Waals surface area contributed by atoms with Crippen LogP contribution in [0.25, 0.3) is 11.1 Å². The van der Waals surface area contributed by atoms with Crippen LogP contribution < -0.4 is 13.8 Å². The van der Waals surface area contributed by atoms with Gasteiger partial charge in [0, 0.05) is 6.42 Å². The molecule has 1 aliphatic heterocycles. The summed E-state index contributed by atoms with van der Waals surface area (Å²) in [6, 6.07) is 13.3. The Morgan fingerprint density at radius 3 is 2.38 bits per heavy atom. The first-order valence-electron chi connectivity index (χ1n) is 11.9. The third-order valence-corrected chi connectivity index (χ3v) is 8.13. The summed E-state index contributed by atoms with van der Waals surface area (Å²) in [6.45, 7) is -0.568. The van der Waals surface area contributed by atoms with E-state index in [1.807, 2.05) is 0 Å². The zero-order valence-electron chi connectivity index (χ0n) is 21.2. The maximum absolute atomic E-state index is 13.8. The minimum absolute atomic E-state index is 0.0144. The van der Waals surface area contributed by atoms with E-state index in [-0.39, 0.29) is 30.2 Å². The van der Waals surface area contributed by atoms with Crippen LogP contribution in [0, 0.1) is 5.41 Å². The lowest BCUT2D eigenvalue weighted by molar-refractivity contribution is -0.148. The lowest BCUT2D eigenvalue weighted by atomic mass is 9.86. The second kappa shape index (κ2) is 10.6. The molecule has 214 valence electrons. The molecule has 1 heterocycles. The van der Waals surface area contributed by atoms with E-state index in [1.165, 1.54) is 44.2 Å². The standard InChI is InChI=1S/C27H24F5NO6S/c1-26(2,24(34)35)14-20-15-33(40(36,37)21-8-4-6-18(13-21)27(30,31)32)22-12-17(9-10-23(22)38-20)16-5-3-7-19(11-16)39-25(28)29/h3-13,20,25H,14-15H2,1-2H3,(H,34,35). The van der Waals surface area contributed by atoms with Crippen molar-refractivity contribution in [2.24, 2.45) is 5.41 Å². The molecule has 0 saturated heterocycles. The lowest BCUT2D eigenvalue weighted by Crippen LogP contribution is -2.46. The highest BCUT2D eigenvalue weighted by Crippen LogP contribution is 2.42. The predicted molar refractivity (Wildman–Crippen MR) is 135 cm³/mol. The molecule has 3 aromatic rings. The quantitative estimate of drug-likeness (QED) is 0.306. The largest absolute Gasteiger partial charge is 0.486 e. The Bertz CT molecular complexity index is 1520. The fourth-order valence-electron chi connectivity index (χ4n) is 4.29. The number of sulfonamides is 1. The smallest absolute Gasteiger partial charge is 0.416 e. The molecule has 0 fully saturated rings. The van der Waals surface area contributed by atoms with Crippen LogP contribution in [0.15, 0.2) is 71.6 Å². The van der Waals surface area contributed by atoms with Crippen LogP contribution >= 0.6 is 0 Å². The van der Waals surface area contributed by atoms with E-state index >= 15 is 0 Å². The van der Waals surface area contributed by atoms with E-state index in [2.05, 4.69) is 4.74 Å². The highest BCUT2D eigenvalue weighted by Gasteiger charge is 2.40. The summed E-state index contributed by atoms with van der Waals surface area (Å²) < 4.78 is 104. The number of fused-ring (bicyclic) bond motifs is 1. The number of hydrogen-bond acceptors (Lipinski definition) is 5. The van der Waals surface area contributed by atoms with Crippen molar-refractivity contribution in [3.63, 3.8) is 0 Å². The van der Waals surface area contributed by atoms with Crippen molar-refractivity contribution in [1.82, 2.24) is 0 Å². The summed E-state index contributed by atoms with van der Waals surface area (Å²) in [6.07, 6.45) is -5.85. The second-order valence-electron chi connectivity index (χ2n) is 9.78. The van der Waals surface area contributed by atoms with Crippen LogP contribution in [0.5, 0.6) is 11.5 Å². The van der Waals surface area contributed by atoms with Gasteiger partial charge in [-0.15, -0.1) is 0 Å². The van der Waals surface area contributed by atoms with Gasteiger partial charge < -0.3 is 14.6 Å². The molecule has 0 spiro atoms. The van der Waals surface area contributed by atoms with E-state index in [4.69, 9.17) is 4.74 Å². The average molecular weight is 586 g/mol. The number of anilines is 1. The third-order valence-electron chi connectivity index (χ3n) is 6.35. The highest BCUT2D eigenvalue weighted by molar-refractivity contribution is 7.92. The van der Waals surface area contributed by atoms with Crippen LogP contribution in [0.1, 0.15) is 25.8 Å². The molecule has 1 atom stereocenters. The summed E-state index contributed by atoms with van der Waals surface area (Å²) >= 11 is 0. The third kappa shape index (κ3) is 6.14. The molecule has 0 amide bonds. The van der Waals surface area contributed by atoms with Crippen molar-refractivity contribution in [1.29, 1.82) is 0 Å².